The van der Waals surface area contributed by atoms with Crippen LogP contribution in [-0.4, -0.2) is 54.3 Å². The van der Waals surface area contributed by atoms with Crippen LogP contribution in [0.3, 0.4) is 0 Å². The molecule has 172 valence electrons. The van der Waals surface area contributed by atoms with Gasteiger partial charge in [-0.05, 0) is 29.8 Å². The summed E-state index contributed by atoms with van der Waals surface area (Å²) in [5, 5.41) is 12.1. The van der Waals surface area contributed by atoms with Gasteiger partial charge >= 0.3 is 12.0 Å². The predicted molar refractivity (Wildman–Crippen MR) is 117 cm³/mol. The molecule has 33 heavy (non-hydrogen) atoms. The molecule has 2 N–H and O–H groups in total. The summed E-state index contributed by atoms with van der Waals surface area (Å²) in [4.78, 5) is 33.5. The molecule has 0 saturated carbocycles. The van der Waals surface area contributed by atoms with Crippen molar-refractivity contribution >= 4 is 11.9 Å². The van der Waals surface area contributed by atoms with E-state index in [2.05, 4.69) is 15.3 Å². The maximum Gasteiger partial charge on any atom is 0.328 e. The van der Waals surface area contributed by atoms with Crippen LogP contribution in [0.5, 0.6) is 29.3 Å². The monoisotopic (exact) mass is 453 g/mol. The molecule has 0 bridgehead atoms. The number of para-hydroxylation sites is 1. The van der Waals surface area contributed by atoms with Crippen LogP contribution < -0.4 is 19.5 Å². The third-order valence-corrected chi connectivity index (χ3v) is 4.58. The number of esters is 1. The number of amides is 1. The van der Waals surface area contributed by atoms with E-state index >= 15 is 0 Å². The maximum absolute atomic E-state index is 13.0. The van der Waals surface area contributed by atoms with Gasteiger partial charge < -0.3 is 29.4 Å². The summed E-state index contributed by atoms with van der Waals surface area (Å²) in [6.45, 7) is 0. The van der Waals surface area contributed by atoms with E-state index in [-0.39, 0.29) is 41.3 Å². The largest absolute Gasteiger partial charge is 0.508 e. The Bertz CT molecular complexity index is 1100. The summed E-state index contributed by atoms with van der Waals surface area (Å²) in [6, 6.07) is 13.2. The molecule has 1 atom stereocenters. The van der Waals surface area contributed by atoms with Gasteiger partial charge in [0.25, 0.3) is 5.91 Å². The average molecular weight is 453 g/mol. The minimum Gasteiger partial charge on any atom is -0.508 e. The van der Waals surface area contributed by atoms with Gasteiger partial charge in [0.05, 0.1) is 33.0 Å². The van der Waals surface area contributed by atoms with Crippen molar-refractivity contribution in [1.29, 1.82) is 0 Å². The minimum atomic E-state index is -0.965. The van der Waals surface area contributed by atoms with Crippen LogP contribution in [0.25, 0.3) is 0 Å². The number of methoxy groups -OCH3 is 3. The number of hydrogen-bond acceptors (Lipinski definition) is 9. The van der Waals surface area contributed by atoms with Gasteiger partial charge in [-0.25, -0.2) is 4.79 Å². The van der Waals surface area contributed by atoms with Crippen molar-refractivity contribution < 1.29 is 33.6 Å². The summed E-state index contributed by atoms with van der Waals surface area (Å²) in [6.07, 6.45) is 0.165. The minimum absolute atomic E-state index is 0.0833. The molecule has 0 aliphatic heterocycles. The Hall–Kier alpha value is -4.34. The number of aromatic nitrogens is 2. The first-order valence-electron chi connectivity index (χ1n) is 9.84. The average Bonchev–Trinajstić information content (AvgIpc) is 2.84. The van der Waals surface area contributed by atoms with Gasteiger partial charge in [0.1, 0.15) is 17.5 Å². The molecule has 0 saturated heterocycles. The Morgan fingerprint density at radius 1 is 0.970 bits per heavy atom. The number of rotatable bonds is 9. The number of ether oxygens (including phenoxy) is 4. The summed E-state index contributed by atoms with van der Waals surface area (Å²) >= 11 is 0. The number of hydrogen-bond donors (Lipinski definition) is 2. The molecule has 0 aliphatic carbocycles. The highest BCUT2D eigenvalue weighted by Crippen LogP contribution is 2.26. The Kier molecular flexibility index (Phi) is 7.64. The number of carbonyl (C=O) groups excluding carboxylic acids is 2. The molecule has 1 heterocycles. The quantitative estimate of drug-likeness (QED) is 0.470. The van der Waals surface area contributed by atoms with Crippen LogP contribution >= 0.6 is 0 Å². The highest BCUT2D eigenvalue weighted by atomic mass is 16.5. The van der Waals surface area contributed by atoms with Crippen molar-refractivity contribution in [2.75, 3.05) is 21.3 Å². The molecule has 1 unspecified atom stereocenters. The summed E-state index contributed by atoms with van der Waals surface area (Å²) < 4.78 is 20.8. The molecule has 1 amide bonds. The lowest BCUT2D eigenvalue weighted by molar-refractivity contribution is -0.142. The van der Waals surface area contributed by atoms with Crippen molar-refractivity contribution in [3.8, 4) is 29.3 Å². The molecule has 0 radical (unpaired) electrons. The van der Waals surface area contributed by atoms with Gasteiger partial charge in [0.2, 0.25) is 11.8 Å². The maximum atomic E-state index is 13.0. The topological polar surface area (TPSA) is 129 Å². The first-order chi connectivity index (χ1) is 15.9. The number of benzene rings is 2. The second-order valence-electron chi connectivity index (χ2n) is 6.75. The van der Waals surface area contributed by atoms with Crippen LogP contribution in [0.1, 0.15) is 15.9 Å². The number of nitrogens with zero attached hydrogens (tertiary/aromatic N) is 2. The van der Waals surface area contributed by atoms with Gasteiger partial charge in [0.15, 0.2) is 0 Å². The van der Waals surface area contributed by atoms with E-state index in [1.54, 1.807) is 30.3 Å². The normalized spacial score (nSPS) is 11.2. The number of aromatic hydroxyl groups is 1. The van der Waals surface area contributed by atoms with Crippen LogP contribution in [0, 0.1) is 0 Å². The number of carbonyl (C=O) groups is 2. The van der Waals surface area contributed by atoms with Crippen molar-refractivity contribution in [3.05, 3.63) is 65.7 Å². The van der Waals surface area contributed by atoms with Crippen LogP contribution in [0.2, 0.25) is 0 Å². The zero-order valence-electron chi connectivity index (χ0n) is 18.3. The Morgan fingerprint density at radius 3 is 2.21 bits per heavy atom. The highest BCUT2D eigenvalue weighted by molar-refractivity contribution is 5.99. The fourth-order valence-corrected chi connectivity index (χ4v) is 2.92. The van der Waals surface area contributed by atoms with E-state index in [0.29, 0.717) is 0 Å². The first-order valence-corrected chi connectivity index (χ1v) is 9.84. The molecule has 3 rings (SSSR count). The SMILES string of the molecule is COC(=O)C(Cc1ccc(O)cc1)NC(=O)c1ccccc1Oc1nc(OC)cc(OC)n1. The number of phenolic OH excluding ortho intramolecular Hbond substituents is 1. The van der Waals surface area contributed by atoms with E-state index in [1.807, 2.05) is 0 Å². The van der Waals surface area contributed by atoms with Gasteiger partial charge in [-0.3, -0.25) is 4.79 Å². The van der Waals surface area contributed by atoms with Crippen LogP contribution in [-0.2, 0) is 16.0 Å². The molecular weight excluding hydrogens is 430 g/mol. The summed E-state index contributed by atoms with van der Waals surface area (Å²) in [5.74, 6) is -0.472. The van der Waals surface area contributed by atoms with Gasteiger partial charge in [-0.1, -0.05) is 24.3 Å². The molecule has 3 aromatic rings. The van der Waals surface area contributed by atoms with Crippen molar-refractivity contribution in [1.82, 2.24) is 15.3 Å². The zero-order valence-corrected chi connectivity index (χ0v) is 18.3. The third kappa shape index (κ3) is 6.10. The Labute approximate surface area is 190 Å². The molecule has 0 aliphatic rings. The van der Waals surface area contributed by atoms with Gasteiger partial charge in [-0.15, -0.1) is 0 Å². The van der Waals surface area contributed by atoms with E-state index in [0.717, 1.165) is 5.56 Å². The van der Waals surface area contributed by atoms with Crippen molar-refractivity contribution in [2.45, 2.75) is 12.5 Å². The Balaban J connectivity index is 1.83. The second-order valence-corrected chi connectivity index (χ2v) is 6.75. The second kappa shape index (κ2) is 10.8. The molecule has 0 fully saturated rings. The summed E-state index contributed by atoms with van der Waals surface area (Å²) in [5.41, 5.74) is 0.882. The first kappa shape index (κ1) is 23.3. The van der Waals surface area contributed by atoms with Crippen molar-refractivity contribution in [2.24, 2.45) is 0 Å². The summed E-state index contributed by atoms with van der Waals surface area (Å²) in [7, 11) is 4.12. The van der Waals surface area contributed by atoms with Gasteiger partial charge in [0, 0.05) is 6.42 Å². The third-order valence-electron chi connectivity index (χ3n) is 4.58. The lowest BCUT2D eigenvalue weighted by Gasteiger charge is -2.18. The van der Waals surface area contributed by atoms with Gasteiger partial charge in [-0.2, -0.15) is 9.97 Å². The standard InChI is InChI=1S/C23H23N3O7/c1-30-19-13-20(31-2)26-23(25-19)33-18-7-5-4-6-16(18)21(28)24-17(22(29)32-3)12-14-8-10-15(27)11-9-14/h4-11,13,17,27H,12H2,1-3H3,(H,24,28). The number of nitrogens with one attached hydrogen (secondary N) is 1. The molecule has 1 aromatic heterocycles. The fourth-order valence-electron chi connectivity index (χ4n) is 2.92. The predicted octanol–water partition coefficient (Wildman–Crippen LogP) is 2.51. The smallest absolute Gasteiger partial charge is 0.328 e. The zero-order chi connectivity index (χ0) is 23.8. The lowest BCUT2D eigenvalue weighted by atomic mass is 10.0. The van der Waals surface area contributed by atoms with E-state index in [1.165, 1.54) is 45.6 Å². The molecule has 10 heteroatoms. The molecular formula is C23H23N3O7. The highest BCUT2D eigenvalue weighted by Gasteiger charge is 2.24. The van der Waals surface area contributed by atoms with Crippen molar-refractivity contribution in [3.63, 3.8) is 0 Å². The molecule has 10 nitrogen and oxygen atoms in total. The van der Waals surface area contributed by atoms with E-state index < -0.39 is 17.9 Å². The van der Waals surface area contributed by atoms with Crippen LogP contribution in [0.15, 0.2) is 54.6 Å². The number of phenols is 1. The van der Waals surface area contributed by atoms with E-state index in [9.17, 15) is 14.7 Å². The van der Waals surface area contributed by atoms with Crippen LogP contribution in [0.4, 0.5) is 0 Å². The molecule has 2 aromatic carbocycles. The Morgan fingerprint density at radius 2 is 1.61 bits per heavy atom. The van der Waals surface area contributed by atoms with E-state index in [4.69, 9.17) is 18.9 Å². The molecule has 0 spiro atoms. The fraction of sp³-hybridized carbons (Fsp3) is 0.217. The lowest BCUT2D eigenvalue weighted by Crippen LogP contribution is -2.43.